The lowest BCUT2D eigenvalue weighted by molar-refractivity contribution is -0.118. The first-order valence-corrected chi connectivity index (χ1v) is 12.0. The normalized spacial score (nSPS) is 13.7. The van der Waals surface area contributed by atoms with Crippen LogP contribution in [-0.4, -0.2) is 43.7 Å². The van der Waals surface area contributed by atoms with Gasteiger partial charge in [0.15, 0.2) is 6.61 Å². The second kappa shape index (κ2) is 10.1. The zero-order chi connectivity index (χ0) is 24.2. The van der Waals surface area contributed by atoms with E-state index in [0.29, 0.717) is 5.75 Å². The molecule has 178 valence electrons. The van der Waals surface area contributed by atoms with Gasteiger partial charge in [0, 0.05) is 42.9 Å². The zero-order valence-electron chi connectivity index (χ0n) is 20.2. The number of nitrogens with one attached hydrogen (secondary N) is 1. The van der Waals surface area contributed by atoms with E-state index in [0.717, 1.165) is 59.7 Å². The summed E-state index contributed by atoms with van der Waals surface area (Å²) in [5.41, 5.74) is 5.03. The minimum absolute atomic E-state index is 0.0756. The third-order valence-corrected chi connectivity index (χ3v) is 6.26. The molecule has 5 rings (SSSR count). The van der Waals surface area contributed by atoms with Gasteiger partial charge in [-0.05, 0) is 67.4 Å². The van der Waals surface area contributed by atoms with Gasteiger partial charge in [-0.1, -0.05) is 36.4 Å². The number of ether oxygens (including phenoxy) is 1. The number of aromatic nitrogens is 1. The quantitative estimate of drug-likeness (QED) is 0.424. The van der Waals surface area contributed by atoms with E-state index in [2.05, 4.69) is 57.6 Å². The Hall–Kier alpha value is -4.06. The van der Waals surface area contributed by atoms with Crippen molar-refractivity contribution in [1.82, 2.24) is 4.98 Å². The summed E-state index contributed by atoms with van der Waals surface area (Å²) in [7, 11) is 0. The van der Waals surface area contributed by atoms with Gasteiger partial charge in [-0.25, -0.2) is 4.98 Å². The molecule has 0 aliphatic carbocycles. The van der Waals surface area contributed by atoms with Gasteiger partial charge in [-0.3, -0.25) is 4.79 Å². The molecule has 0 spiro atoms. The first kappa shape index (κ1) is 22.7. The Morgan fingerprint density at radius 2 is 1.57 bits per heavy atom. The molecule has 3 aromatic carbocycles. The molecule has 1 aliphatic rings. The number of anilines is 3. The van der Waals surface area contributed by atoms with Crippen LogP contribution in [0.25, 0.3) is 10.9 Å². The SMILES string of the molecule is Cc1cc(C)cc(NC(=O)COc2cccc3ccc(N4CCN(c5ccccc5)CC4)nc23)c1. The number of hydrogen-bond acceptors (Lipinski definition) is 5. The molecule has 4 aromatic rings. The maximum Gasteiger partial charge on any atom is 0.262 e. The summed E-state index contributed by atoms with van der Waals surface area (Å²) < 4.78 is 5.93. The highest BCUT2D eigenvalue weighted by Gasteiger charge is 2.19. The lowest BCUT2D eigenvalue weighted by Gasteiger charge is -2.36. The van der Waals surface area contributed by atoms with Crippen molar-refractivity contribution in [2.45, 2.75) is 13.8 Å². The molecular weight excluding hydrogens is 436 g/mol. The van der Waals surface area contributed by atoms with Crippen LogP contribution in [0.15, 0.2) is 78.9 Å². The third-order valence-electron chi connectivity index (χ3n) is 6.26. The van der Waals surface area contributed by atoms with Crippen LogP contribution in [-0.2, 0) is 4.79 Å². The molecule has 0 saturated carbocycles. The molecule has 0 radical (unpaired) electrons. The molecule has 6 nitrogen and oxygen atoms in total. The van der Waals surface area contributed by atoms with Gasteiger partial charge < -0.3 is 19.9 Å². The average molecular weight is 467 g/mol. The summed E-state index contributed by atoms with van der Waals surface area (Å²) in [4.78, 5) is 22.2. The Morgan fingerprint density at radius 3 is 2.31 bits per heavy atom. The largest absolute Gasteiger partial charge is 0.481 e. The first-order chi connectivity index (χ1) is 17.0. The highest BCUT2D eigenvalue weighted by atomic mass is 16.5. The highest BCUT2D eigenvalue weighted by molar-refractivity contribution is 5.92. The second-order valence-corrected chi connectivity index (χ2v) is 9.02. The van der Waals surface area contributed by atoms with E-state index in [1.165, 1.54) is 5.69 Å². The molecule has 1 fully saturated rings. The number of para-hydroxylation sites is 2. The summed E-state index contributed by atoms with van der Waals surface area (Å²) in [6.07, 6.45) is 0. The van der Waals surface area contributed by atoms with Gasteiger partial charge in [-0.15, -0.1) is 0 Å². The van der Waals surface area contributed by atoms with Crippen molar-refractivity contribution in [2.75, 3.05) is 47.9 Å². The van der Waals surface area contributed by atoms with Crippen molar-refractivity contribution in [1.29, 1.82) is 0 Å². The Morgan fingerprint density at radius 1 is 0.857 bits per heavy atom. The van der Waals surface area contributed by atoms with Crippen LogP contribution in [0.2, 0.25) is 0 Å². The van der Waals surface area contributed by atoms with E-state index in [9.17, 15) is 4.79 Å². The van der Waals surface area contributed by atoms with E-state index in [4.69, 9.17) is 9.72 Å². The standard InChI is InChI=1S/C29H30N4O2/c1-21-17-22(2)19-24(18-21)30-28(34)20-35-26-10-6-7-23-11-12-27(31-29(23)26)33-15-13-32(14-16-33)25-8-4-3-5-9-25/h3-12,17-19H,13-16,20H2,1-2H3,(H,30,34). The second-order valence-electron chi connectivity index (χ2n) is 9.02. The Kier molecular flexibility index (Phi) is 6.53. The van der Waals surface area contributed by atoms with Crippen LogP contribution >= 0.6 is 0 Å². The molecule has 1 aliphatic heterocycles. The number of aryl methyl sites for hydroxylation is 2. The molecule has 1 amide bonds. The van der Waals surface area contributed by atoms with Gasteiger partial charge in [0.2, 0.25) is 0 Å². The van der Waals surface area contributed by atoms with Gasteiger partial charge in [0.05, 0.1) is 0 Å². The molecule has 1 N–H and O–H groups in total. The number of amides is 1. The molecule has 35 heavy (non-hydrogen) atoms. The Labute approximate surface area is 206 Å². The Balaban J connectivity index is 1.26. The van der Waals surface area contributed by atoms with Crippen LogP contribution in [0, 0.1) is 13.8 Å². The number of hydrogen-bond donors (Lipinski definition) is 1. The average Bonchev–Trinajstić information content (AvgIpc) is 2.87. The maximum atomic E-state index is 12.5. The summed E-state index contributed by atoms with van der Waals surface area (Å²) in [5, 5.41) is 3.92. The number of pyridine rings is 1. The maximum absolute atomic E-state index is 12.5. The third kappa shape index (κ3) is 5.38. The minimum Gasteiger partial charge on any atom is -0.481 e. The number of fused-ring (bicyclic) bond motifs is 1. The van der Waals surface area contributed by atoms with E-state index in [-0.39, 0.29) is 12.5 Å². The number of benzene rings is 3. The van der Waals surface area contributed by atoms with Crippen LogP contribution in [0.4, 0.5) is 17.2 Å². The van der Waals surface area contributed by atoms with Crippen LogP contribution in [0.3, 0.4) is 0 Å². The molecule has 6 heteroatoms. The molecule has 0 atom stereocenters. The van der Waals surface area contributed by atoms with Crippen molar-refractivity contribution in [3.05, 3.63) is 90.0 Å². The minimum atomic E-state index is -0.194. The summed E-state index contributed by atoms with van der Waals surface area (Å²) in [5.74, 6) is 1.35. The number of rotatable bonds is 6. The highest BCUT2D eigenvalue weighted by Crippen LogP contribution is 2.27. The molecule has 1 aromatic heterocycles. The number of piperazine rings is 1. The number of carbonyl (C=O) groups excluding carboxylic acids is 1. The van der Waals surface area contributed by atoms with Crippen molar-refractivity contribution < 1.29 is 9.53 Å². The fourth-order valence-corrected chi connectivity index (χ4v) is 4.62. The van der Waals surface area contributed by atoms with E-state index in [1.807, 2.05) is 50.2 Å². The topological polar surface area (TPSA) is 57.7 Å². The fourth-order valence-electron chi connectivity index (χ4n) is 4.62. The van der Waals surface area contributed by atoms with Crippen LogP contribution in [0.1, 0.15) is 11.1 Å². The monoisotopic (exact) mass is 466 g/mol. The number of carbonyl (C=O) groups is 1. The fraction of sp³-hybridized carbons (Fsp3) is 0.241. The lowest BCUT2D eigenvalue weighted by atomic mass is 10.1. The predicted molar refractivity (Wildman–Crippen MR) is 143 cm³/mol. The summed E-state index contributed by atoms with van der Waals surface area (Å²) in [6.45, 7) is 7.64. The summed E-state index contributed by atoms with van der Waals surface area (Å²) in [6, 6.07) is 26.5. The van der Waals surface area contributed by atoms with Gasteiger partial charge >= 0.3 is 0 Å². The molecular formula is C29H30N4O2. The number of nitrogens with zero attached hydrogens (tertiary/aromatic N) is 3. The van der Waals surface area contributed by atoms with Gasteiger partial charge in [0.1, 0.15) is 17.1 Å². The van der Waals surface area contributed by atoms with Crippen molar-refractivity contribution in [2.24, 2.45) is 0 Å². The molecule has 0 unspecified atom stereocenters. The van der Waals surface area contributed by atoms with Crippen LogP contribution < -0.4 is 19.9 Å². The smallest absolute Gasteiger partial charge is 0.262 e. The molecule has 2 heterocycles. The van der Waals surface area contributed by atoms with E-state index < -0.39 is 0 Å². The molecule has 1 saturated heterocycles. The van der Waals surface area contributed by atoms with Crippen molar-refractivity contribution in [3.63, 3.8) is 0 Å². The first-order valence-electron chi connectivity index (χ1n) is 12.0. The predicted octanol–water partition coefficient (Wildman–Crippen LogP) is 5.20. The van der Waals surface area contributed by atoms with Gasteiger partial charge in [-0.2, -0.15) is 0 Å². The zero-order valence-corrected chi connectivity index (χ0v) is 20.2. The van der Waals surface area contributed by atoms with Gasteiger partial charge in [0.25, 0.3) is 5.91 Å². The van der Waals surface area contributed by atoms with E-state index in [1.54, 1.807) is 0 Å². The van der Waals surface area contributed by atoms with Crippen LogP contribution in [0.5, 0.6) is 5.75 Å². The van der Waals surface area contributed by atoms with Crippen molar-refractivity contribution >= 4 is 34.0 Å². The van der Waals surface area contributed by atoms with E-state index >= 15 is 0 Å². The summed E-state index contributed by atoms with van der Waals surface area (Å²) >= 11 is 0. The molecule has 0 bridgehead atoms. The Bertz CT molecular complexity index is 1310. The van der Waals surface area contributed by atoms with Crippen molar-refractivity contribution in [3.8, 4) is 5.75 Å². The lowest BCUT2D eigenvalue weighted by Crippen LogP contribution is -2.46.